The van der Waals surface area contributed by atoms with Crippen molar-refractivity contribution in [2.24, 2.45) is 5.92 Å². The molecule has 0 amide bonds. The van der Waals surface area contributed by atoms with Gasteiger partial charge in [-0.3, -0.25) is 0 Å². The van der Waals surface area contributed by atoms with Gasteiger partial charge in [-0.2, -0.15) is 0 Å². The number of hydrogen-bond donors (Lipinski definition) is 0. The van der Waals surface area contributed by atoms with E-state index in [-0.39, 0.29) is 0 Å². The van der Waals surface area contributed by atoms with E-state index in [1.165, 1.54) is 50.5 Å². The van der Waals surface area contributed by atoms with Gasteiger partial charge in [-0.1, -0.05) is 44.2 Å². The Morgan fingerprint density at radius 3 is 2.32 bits per heavy atom. The van der Waals surface area contributed by atoms with Crippen LogP contribution < -0.4 is 0 Å². The molecule has 1 aromatic rings. The zero-order valence-corrected chi connectivity index (χ0v) is 12.4. The van der Waals surface area contributed by atoms with Crippen molar-refractivity contribution < 1.29 is 0 Å². The Balaban J connectivity index is 1.88. The van der Waals surface area contributed by atoms with E-state index in [4.69, 9.17) is 0 Å². The normalized spacial score (nSPS) is 22.6. The van der Waals surface area contributed by atoms with Crippen LogP contribution in [0.5, 0.6) is 0 Å². The van der Waals surface area contributed by atoms with Gasteiger partial charge in [-0.25, -0.2) is 0 Å². The third-order valence-corrected chi connectivity index (χ3v) is 4.46. The summed E-state index contributed by atoms with van der Waals surface area (Å²) in [5.41, 5.74) is 2.67. The first-order valence-electron chi connectivity index (χ1n) is 7.86. The first-order chi connectivity index (χ1) is 9.33. The van der Waals surface area contributed by atoms with E-state index in [0.29, 0.717) is 0 Å². The molecular formula is C19H26. The molecular weight excluding hydrogens is 228 g/mol. The van der Waals surface area contributed by atoms with E-state index < -0.39 is 0 Å². The summed E-state index contributed by atoms with van der Waals surface area (Å²) < 4.78 is 0. The van der Waals surface area contributed by atoms with Crippen LogP contribution >= 0.6 is 0 Å². The highest BCUT2D eigenvalue weighted by Crippen LogP contribution is 2.37. The van der Waals surface area contributed by atoms with Gasteiger partial charge < -0.3 is 0 Å². The van der Waals surface area contributed by atoms with Crippen molar-refractivity contribution in [1.29, 1.82) is 0 Å². The second-order valence-electron chi connectivity index (χ2n) is 5.86. The SMILES string of the molecule is CC#Cc1ccc([C@H]2CC[C@H](CCCC)CC2)cc1. The molecule has 0 N–H and O–H groups in total. The molecule has 0 nitrogen and oxygen atoms in total. The Morgan fingerprint density at radius 2 is 1.74 bits per heavy atom. The van der Waals surface area contributed by atoms with E-state index in [9.17, 15) is 0 Å². The van der Waals surface area contributed by atoms with Gasteiger partial charge in [0, 0.05) is 5.56 Å². The maximum atomic E-state index is 3.12. The molecule has 0 heterocycles. The van der Waals surface area contributed by atoms with Crippen LogP contribution in [0.2, 0.25) is 0 Å². The molecule has 2 rings (SSSR count). The van der Waals surface area contributed by atoms with E-state index in [0.717, 1.165) is 17.4 Å². The minimum absolute atomic E-state index is 0.793. The van der Waals surface area contributed by atoms with Crippen LogP contribution in [0.4, 0.5) is 0 Å². The predicted molar refractivity (Wildman–Crippen MR) is 83.2 cm³/mol. The van der Waals surface area contributed by atoms with Crippen LogP contribution in [0.1, 0.15) is 75.8 Å². The number of benzene rings is 1. The monoisotopic (exact) mass is 254 g/mol. The van der Waals surface area contributed by atoms with Gasteiger partial charge in [0.2, 0.25) is 0 Å². The first kappa shape index (κ1) is 14.2. The summed E-state index contributed by atoms with van der Waals surface area (Å²) in [7, 11) is 0. The van der Waals surface area contributed by atoms with Gasteiger partial charge in [0.05, 0.1) is 0 Å². The highest BCUT2D eigenvalue weighted by atomic mass is 14.3. The van der Waals surface area contributed by atoms with Gasteiger partial charge in [0.1, 0.15) is 0 Å². The molecule has 0 aromatic heterocycles. The Morgan fingerprint density at radius 1 is 1.05 bits per heavy atom. The Bertz CT molecular complexity index is 421. The third kappa shape index (κ3) is 4.13. The minimum Gasteiger partial charge on any atom is -0.101 e. The van der Waals surface area contributed by atoms with Gasteiger partial charge in [0.15, 0.2) is 0 Å². The van der Waals surface area contributed by atoms with Gasteiger partial charge in [-0.05, 0) is 62.1 Å². The second-order valence-corrected chi connectivity index (χ2v) is 5.86. The highest BCUT2D eigenvalue weighted by molar-refractivity contribution is 5.36. The minimum atomic E-state index is 0.793. The fourth-order valence-corrected chi connectivity index (χ4v) is 3.26. The average Bonchev–Trinajstić information content (AvgIpc) is 2.47. The molecule has 1 fully saturated rings. The zero-order chi connectivity index (χ0) is 13.5. The predicted octanol–water partition coefficient (Wildman–Crippen LogP) is 5.52. The van der Waals surface area contributed by atoms with Crippen molar-refractivity contribution in [3.8, 4) is 11.8 Å². The molecule has 102 valence electrons. The fraction of sp³-hybridized carbons (Fsp3) is 0.579. The zero-order valence-electron chi connectivity index (χ0n) is 12.4. The summed E-state index contributed by atoms with van der Waals surface area (Å²) in [6, 6.07) is 8.93. The third-order valence-electron chi connectivity index (χ3n) is 4.46. The summed E-state index contributed by atoms with van der Waals surface area (Å²) in [6.45, 7) is 4.19. The standard InChI is InChI=1S/C19H26/c1-3-5-7-17-10-14-19(15-11-17)18-12-8-16(6-4-2)9-13-18/h8-9,12-13,17,19H,3,5,7,10-11,14-15H2,1-2H3/t17-,19-. The lowest BCUT2D eigenvalue weighted by atomic mass is 9.77. The van der Waals surface area contributed by atoms with Crippen LogP contribution in [0.25, 0.3) is 0 Å². The van der Waals surface area contributed by atoms with E-state index >= 15 is 0 Å². The quantitative estimate of drug-likeness (QED) is 0.620. The fourth-order valence-electron chi connectivity index (χ4n) is 3.26. The maximum absolute atomic E-state index is 3.12. The summed E-state index contributed by atoms with van der Waals surface area (Å²) in [4.78, 5) is 0. The summed E-state index contributed by atoms with van der Waals surface area (Å²) in [5, 5.41) is 0. The molecule has 0 saturated heterocycles. The van der Waals surface area contributed by atoms with Gasteiger partial charge >= 0.3 is 0 Å². The summed E-state index contributed by atoms with van der Waals surface area (Å²) in [5.74, 6) is 7.87. The number of hydrogen-bond acceptors (Lipinski definition) is 0. The topological polar surface area (TPSA) is 0 Å². The molecule has 0 radical (unpaired) electrons. The highest BCUT2D eigenvalue weighted by Gasteiger charge is 2.21. The van der Waals surface area contributed by atoms with Gasteiger partial charge in [-0.15, -0.1) is 5.92 Å². The Kier molecular flexibility index (Phi) is 5.52. The lowest BCUT2D eigenvalue weighted by Gasteiger charge is -2.28. The van der Waals surface area contributed by atoms with Crippen LogP contribution in [-0.4, -0.2) is 0 Å². The molecule has 0 atom stereocenters. The second kappa shape index (κ2) is 7.39. The average molecular weight is 254 g/mol. The van der Waals surface area contributed by atoms with Crippen molar-refractivity contribution in [3.05, 3.63) is 35.4 Å². The van der Waals surface area contributed by atoms with Crippen molar-refractivity contribution in [1.82, 2.24) is 0 Å². The lowest BCUT2D eigenvalue weighted by molar-refractivity contribution is 0.304. The van der Waals surface area contributed by atoms with Crippen molar-refractivity contribution in [2.75, 3.05) is 0 Å². The van der Waals surface area contributed by atoms with Crippen molar-refractivity contribution >= 4 is 0 Å². The van der Waals surface area contributed by atoms with Crippen molar-refractivity contribution in [3.63, 3.8) is 0 Å². The molecule has 0 unspecified atom stereocenters. The van der Waals surface area contributed by atoms with E-state index in [2.05, 4.69) is 43.0 Å². The number of rotatable bonds is 4. The summed E-state index contributed by atoms with van der Waals surface area (Å²) >= 11 is 0. The van der Waals surface area contributed by atoms with Crippen LogP contribution in [0.3, 0.4) is 0 Å². The van der Waals surface area contributed by atoms with Crippen molar-refractivity contribution in [2.45, 2.75) is 64.7 Å². The molecule has 0 spiro atoms. The Labute approximate surface area is 118 Å². The molecule has 1 saturated carbocycles. The molecule has 0 heteroatoms. The lowest BCUT2D eigenvalue weighted by Crippen LogP contribution is -2.13. The Hall–Kier alpha value is -1.22. The molecule has 0 bridgehead atoms. The largest absolute Gasteiger partial charge is 0.101 e. The molecule has 1 aromatic carbocycles. The van der Waals surface area contributed by atoms with Gasteiger partial charge in [0.25, 0.3) is 0 Å². The smallest absolute Gasteiger partial charge is 0.0245 e. The molecule has 0 aliphatic heterocycles. The van der Waals surface area contributed by atoms with Crippen LogP contribution in [0, 0.1) is 17.8 Å². The first-order valence-corrected chi connectivity index (χ1v) is 7.86. The molecule has 1 aliphatic rings. The molecule has 19 heavy (non-hydrogen) atoms. The summed E-state index contributed by atoms with van der Waals surface area (Å²) in [6.07, 6.45) is 9.84. The van der Waals surface area contributed by atoms with E-state index in [1.807, 2.05) is 6.92 Å². The van der Waals surface area contributed by atoms with Crippen LogP contribution in [0.15, 0.2) is 24.3 Å². The van der Waals surface area contributed by atoms with Crippen LogP contribution in [-0.2, 0) is 0 Å². The molecule has 1 aliphatic carbocycles. The van der Waals surface area contributed by atoms with E-state index in [1.54, 1.807) is 0 Å². The number of unbranched alkanes of at least 4 members (excludes halogenated alkanes) is 1. The maximum Gasteiger partial charge on any atom is 0.0245 e.